The fraction of sp³-hybridized carbons (Fsp3) is 0.360. The summed E-state index contributed by atoms with van der Waals surface area (Å²) in [5.74, 6) is 0.891. The number of fused-ring (bicyclic) bond motifs is 1. The van der Waals surface area contributed by atoms with Gasteiger partial charge >= 0.3 is 0 Å². The average molecular weight is 388 g/mol. The summed E-state index contributed by atoms with van der Waals surface area (Å²) in [4.78, 5) is 20.2. The van der Waals surface area contributed by atoms with Gasteiger partial charge in [-0.2, -0.15) is 0 Å². The smallest absolute Gasteiger partial charge is 0.278 e. The first-order valence-electron chi connectivity index (χ1n) is 10.5. The number of aromatic nitrogens is 2. The van der Waals surface area contributed by atoms with Crippen molar-refractivity contribution >= 4 is 11.6 Å². The number of aryl methyl sites for hydroxylation is 3. The molecule has 4 rings (SSSR count). The lowest BCUT2D eigenvalue weighted by molar-refractivity contribution is 0.0987. The molecule has 0 N–H and O–H groups in total. The van der Waals surface area contributed by atoms with Crippen molar-refractivity contribution in [3.8, 4) is 11.4 Å². The van der Waals surface area contributed by atoms with Crippen LogP contribution in [0.1, 0.15) is 52.1 Å². The van der Waals surface area contributed by atoms with Gasteiger partial charge in [-0.15, -0.1) is 0 Å². The molecular formula is C25H29N3O. The highest BCUT2D eigenvalue weighted by atomic mass is 16.2. The Morgan fingerprint density at radius 3 is 2.45 bits per heavy atom. The van der Waals surface area contributed by atoms with Crippen molar-refractivity contribution in [2.45, 2.75) is 53.0 Å². The lowest BCUT2D eigenvalue weighted by Gasteiger charge is -2.20. The van der Waals surface area contributed by atoms with E-state index >= 15 is 0 Å². The van der Waals surface area contributed by atoms with Gasteiger partial charge in [-0.1, -0.05) is 48.4 Å². The largest absolute Gasteiger partial charge is 0.327 e. The molecule has 2 aromatic carbocycles. The van der Waals surface area contributed by atoms with Crippen LogP contribution in [0.2, 0.25) is 0 Å². The summed E-state index contributed by atoms with van der Waals surface area (Å²) in [7, 11) is 1.86. The zero-order valence-corrected chi connectivity index (χ0v) is 17.8. The Kier molecular flexibility index (Phi) is 5.27. The Bertz CT molecular complexity index is 1050. The number of carbonyl (C=O) groups is 1. The molecule has 1 aliphatic heterocycles. The van der Waals surface area contributed by atoms with Crippen LogP contribution in [0.15, 0.2) is 42.5 Å². The van der Waals surface area contributed by atoms with Crippen molar-refractivity contribution in [2.24, 2.45) is 0 Å². The number of hydrogen-bond acceptors (Lipinski definition) is 2. The van der Waals surface area contributed by atoms with E-state index < -0.39 is 0 Å². The van der Waals surface area contributed by atoms with Crippen LogP contribution in [0.5, 0.6) is 0 Å². The predicted molar refractivity (Wildman–Crippen MR) is 119 cm³/mol. The van der Waals surface area contributed by atoms with Crippen LogP contribution < -0.4 is 4.90 Å². The van der Waals surface area contributed by atoms with Crippen LogP contribution in [0.25, 0.3) is 11.4 Å². The molecule has 0 saturated carbocycles. The molecule has 0 spiro atoms. The van der Waals surface area contributed by atoms with Gasteiger partial charge in [-0.05, 0) is 57.2 Å². The van der Waals surface area contributed by atoms with Gasteiger partial charge in [0.1, 0.15) is 5.82 Å². The third-order valence-corrected chi connectivity index (χ3v) is 5.91. The summed E-state index contributed by atoms with van der Waals surface area (Å²) in [6, 6.07) is 14.7. The SMILES string of the molecule is Cc1ccc(-c2nc(C(=O)N(C)c3cc(C)ccc3C)c3n2CCCCC3)cc1. The number of nitrogens with zero attached hydrogens (tertiary/aromatic N) is 3. The van der Waals surface area contributed by atoms with Crippen LogP contribution >= 0.6 is 0 Å². The zero-order valence-electron chi connectivity index (χ0n) is 17.8. The standard InChI is InChI=1S/C25H29N3O/c1-17-10-13-20(14-11-17)24-26-23(21-8-6-5-7-15-28(21)24)25(29)27(4)22-16-18(2)9-12-19(22)3/h9-14,16H,5-8,15H2,1-4H3. The second-order valence-electron chi connectivity index (χ2n) is 8.21. The van der Waals surface area contributed by atoms with Gasteiger partial charge < -0.3 is 9.47 Å². The number of hydrogen-bond donors (Lipinski definition) is 0. The lowest BCUT2D eigenvalue weighted by Crippen LogP contribution is -2.28. The molecule has 0 atom stereocenters. The minimum Gasteiger partial charge on any atom is -0.327 e. The number of imidazole rings is 1. The summed E-state index contributed by atoms with van der Waals surface area (Å²) in [5.41, 5.74) is 7.17. The highest BCUT2D eigenvalue weighted by Gasteiger charge is 2.27. The maximum atomic E-state index is 13.5. The molecular weight excluding hydrogens is 358 g/mol. The Morgan fingerprint density at radius 1 is 0.966 bits per heavy atom. The van der Waals surface area contributed by atoms with E-state index in [0.717, 1.165) is 59.7 Å². The molecule has 2 heterocycles. The summed E-state index contributed by atoms with van der Waals surface area (Å²) < 4.78 is 2.28. The van der Waals surface area contributed by atoms with Gasteiger partial charge in [-0.3, -0.25) is 4.79 Å². The van der Waals surface area contributed by atoms with E-state index in [-0.39, 0.29) is 5.91 Å². The van der Waals surface area contributed by atoms with Crippen molar-refractivity contribution in [2.75, 3.05) is 11.9 Å². The third kappa shape index (κ3) is 3.71. The number of rotatable bonds is 3. The van der Waals surface area contributed by atoms with E-state index in [9.17, 15) is 4.79 Å². The average Bonchev–Trinajstić information content (AvgIpc) is 2.90. The molecule has 0 aliphatic carbocycles. The van der Waals surface area contributed by atoms with E-state index in [1.165, 1.54) is 12.0 Å². The molecule has 0 bridgehead atoms. The molecule has 1 amide bonds. The molecule has 1 aromatic heterocycles. The molecule has 4 heteroatoms. The van der Waals surface area contributed by atoms with Crippen LogP contribution in [-0.4, -0.2) is 22.5 Å². The molecule has 0 radical (unpaired) electrons. The summed E-state index contributed by atoms with van der Waals surface area (Å²) in [5, 5.41) is 0. The minimum absolute atomic E-state index is 0.0253. The summed E-state index contributed by atoms with van der Waals surface area (Å²) in [6.07, 6.45) is 4.32. The molecule has 0 saturated heterocycles. The van der Waals surface area contributed by atoms with Crippen LogP contribution in [-0.2, 0) is 13.0 Å². The lowest BCUT2D eigenvalue weighted by atomic mass is 10.1. The molecule has 150 valence electrons. The molecule has 0 fully saturated rings. The van der Waals surface area contributed by atoms with Crippen LogP contribution in [0.3, 0.4) is 0 Å². The molecule has 3 aromatic rings. The molecule has 29 heavy (non-hydrogen) atoms. The predicted octanol–water partition coefficient (Wildman–Crippen LogP) is 5.48. The second-order valence-corrected chi connectivity index (χ2v) is 8.21. The Morgan fingerprint density at radius 2 is 1.69 bits per heavy atom. The van der Waals surface area contributed by atoms with Crippen LogP contribution in [0, 0.1) is 20.8 Å². The van der Waals surface area contributed by atoms with Crippen molar-refractivity contribution in [3.05, 3.63) is 70.5 Å². The third-order valence-electron chi connectivity index (χ3n) is 5.91. The van der Waals surface area contributed by atoms with E-state index in [4.69, 9.17) is 4.98 Å². The molecule has 0 unspecified atom stereocenters. The summed E-state index contributed by atoms with van der Waals surface area (Å²) >= 11 is 0. The number of benzene rings is 2. The number of carbonyl (C=O) groups excluding carboxylic acids is 1. The summed E-state index contributed by atoms with van der Waals surface area (Å²) in [6.45, 7) is 7.11. The van der Waals surface area contributed by atoms with Crippen molar-refractivity contribution in [1.82, 2.24) is 9.55 Å². The zero-order chi connectivity index (χ0) is 20.5. The Hall–Kier alpha value is -2.88. The van der Waals surface area contributed by atoms with Gasteiger partial charge in [0.15, 0.2) is 5.69 Å². The van der Waals surface area contributed by atoms with E-state index in [1.807, 2.05) is 14.0 Å². The van der Waals surface area contributed by atoms with Gasteiger partial charge in [-0.25, -0.2) is 4.98 Å². The minimum atomic E-state index is -0.0253. The second kappa shape index (κ2) is 7.86. The topological polar surface area (TPSA) is 38.1 Å². The van der Waals surface area contributed by atoms with Crippen LogP contribution in [0.4, 0.5) is 5.69 Å². The van der Waals surface area contributed by atoms with Crippen molar-refractivity contribution in [3.63, 3.8) is 0 Å². The van der Waals surface area contributed by atoms with Gasteiger partial charge in [0.05, 0.1) is 5.69 Å². The maximum Gasteiger partial charge on any atom is 0.278 e. The van der Waals surface area contributed by atoms with E-state index in [2.05, 4.69) is 60.9 Å². The highest BCUT2D eigenvalue weighted by molar-refractivity contribution is 6.06. The van der Waals surface area contributed by atoms with Gasteiger partial charge in [0.2, 0.25) is 0 Å². The van der Waals surface area contributed by atoms with E-state index in [1.54, 1.807) is 4.90 Å². The first-order valence-corrected chi connectivity index (χ1v) is 10.5. The van der Waals surface area contributed by atoms with Gasteiger partial charge in [0, 0.05) is 24.8 Å². The molecule has 4 nitrogen and oxygen atoms in total. The first-order chi connectivity index (χ1) is 14.0. The normalized spacial score (nSPS) is 13.7. The fourth-order valence-corrected chi connectivity index (χ4v) is 4.16. The van der Waals surface area contributed by atoms with Crippen molar-refractivity contribution < 1.29 is 4.79 Å². The monoisotopic (exact) mass is 387 g/mol. The van der Waals surface area contributed by atoms with E-state index in [0.29, 0.717) is 5.69 Å². The Labute approximate surface area is 173 Å². The Balaban J connectivity index is 1.79. The molecule has 1 aliphatic rings. The quantitative estimate of drug-likeness (QED) is 0.597. The number of anilines is 1. The number of amides is 1. The fourth-order valence-electron chi connectivity index (χ4n) is 4.16. The first kappa shape index (κ1) is 19.4. The van der Waals surface area contributed by atoms with Gasteiger partial charge in [0.25, 0.3) is 5.91 Å². The highest BCUT2D eigenvalue weighted by Crippen LogP contribution is 2.29. The van der Waals surface area contributed by atoms with Crippen molar-refractivity contribution in [1.29, 1.82) is 0 Å². The maximum absolute atomic E-state index is 13.5.